The van der Waals surface area contributed by atoms with Gasteiger partial charge in [-0.15, -0.1) is 0 Å². The number of allylic oxidation sites excluding steroid dienone is 2. The van der Waals surface area contributed by atoms with Crippen molar-refractivity contribution in [3.05, 3.63) is 11.1 Å². The van der Waals surface area contributed by atoms with Crippen LogP contribution in [0.3, 0.4) is 0 Å². The second kappa shape index (κ2) is 8.57. The van der Waals surface area contributed by atoms with Crippen molar-refractivity contribution < 1.29 is 5.11 Å². The van der Waals surface area contributed by atoms with Crippen molar-refractivity contribution >= 4 is 0 Å². The van der Waals surface area contributed by atoms with Crippen LogP contribution in [0.25, 0.3) is 0 Å². The summed E-state index contributed by atoms with van der Waals surface area (Å²) in [5, 5.41) is 10.3. The highest BCUT2D eigenvalue weighted by Crippen LogP contribution is 2.68. The molecule has 4 rings (SSSR count). The Kier molecular flexibility index (Phi) is 6.53. The Labute approximate surface area is 187 Å². The molecule has 1 heteroatoms. The Bertz CT molecular complexity index is 645. The van der Waals surface area contributed by atoms with Crippen molar-refractivity contribution in [3.63, 3.8) is 0 Å². The number of aliphatic hydroxyl groups is 1. The quantitative estimate of drug-likeness (QED) is 0.450. The lowest BCUT2D eigenvalue weighted by atomic mass is 9.44. The molecule has 4 aliphatic rings. The molecule has 4 aliphatic carbocycles. The summed E-state index contributed by atoms with van der Waals surface area (Å²) in [5.74, 6) is 5.49. The van der Waals surface area contributed by atoms with Crippen LogP contribution in [0.2, 0.25) is 0 Å². The van der Waals surface area contributed by atoms with Crippen molar-refractivity contribution in [1.29, 1.82) is 0 Å². The van der Waals surface area contributed by atoms with Gasteiger partial charge in [0.15, 0.2) is 0 Å². The van der Waals surface area contributed by atoms with Gasteiger partial charge in [-0.05, 0) is 137 Å². The van der Waals surface area contributed by atoms with E-state index in [2.05, 4.69) is 41.5 Å². The van der Waals surface area contributed by atoms with E-state index in [4.69, 9.17) is 0 Å². The summed E-state index contributed by atoms with van der Waals surface area (Å²) in [6.45, 7) is 14.9. The number of aliphatic hydroxyl groups excluding tert-OH is 1. The lowest BCUT2D eigenvalue weighted by molar-refractivity contribution is -0.129. The van der Waals surface area contributed by atoms with Crippen LogP contribution >= 0.6 is 0 Å². The molecule has 1 N–H and O–H groups in total. The van der Waals surface area contributed by atoms with Gasteiger partial charge >= 0.3 is 0 Å². The van der Waals surface area contributed by atoms with E-state index < -0.39 is 0 Å². The summed E-state index contributed by atoms with van der Waals surface area (Å²) in [6, 6.07) is 0. The third kappa shape index (κ3) is 3.74. The molecule has 1 nitrogen and oxygen atoms in total. The normalized spacial score (nSPS) is 46.5. The van der Waals surface area contributed by atoms with Crippen LogP contribution in [0.15, 0.2) is 11.1 Å². The van der Waals surface area contributed by atoms with Gasteiger partial charge in [-0.25, -0.2) is 0 Å². The van der Waals surface area contributed by atoms with E-state index in [1.54, 1.807) is 11.1 Å². The van der Waals surface area contributed by atoms with E-state index in [0.717, 1.165) is 48.3 Å². The van der Waals surface area contributed by atoms with E-state index >= 15 is 0 Å². The predicted octanol–water partition coefficient (Wildman–Crippen LogP) is 8.17. The molecule has 0 unspecified atom stereocenters. The lowest BCUT2D eigenvalue weighted by Crippen LogP contribution is -2.54. The number of rotatable bonds is 5. The fourth-order valence-electron chi connectivity index (χ4n) is 9.59. The molecule has 4 fully saturated rings. The van der Waals surface area contributed by atoms with E-state index in [9.17, 15) is 5.11 Å². The first-order valence-corrected chi connectivity index (χ1v) is 13.5. The van der Waals surface area contributed by atoms with Crippen molar-refractivity contribution in [2.45, 2.75) is 125 Å². The van der Waals surface area contributed by atoms with Gasteiger partial charge in [0.1, 0.15) is 0 Å². The highest BCUT2D eigenvalue weighted by Gasteiger charge is 2.60. The topological polar surface area (TPSA) is 20.2 Å². The summed E-state index contributed by atoms with van der Waals surface area (Å²) in [4.78, 5) is 0. The number of fused-ring (bicyclic) bond motifs is 5. The second-order valence-corrected chi connectivity index (χ2v) is 12.8. The number of hydrogen-bond donors (Lipinski definition) is 1. The maximum atomic E-state index is 10.3. The van der Waals surface area contributed by atoms with E-state index in [1.165, 1.54) is 64.2 Å². The molecule has 172 valence electrons. The first-order chi connectivity index (χ1) is 14.2. The summed E-state index contributed by atoms with van der Waals surface area (Å²) in [5.41, 5.74) is 4.38. The van der Waals surface area contributed by atoms with Crippen molar-refractivity contribution in [3.8, 4) is 0 Å². The van der Waals surface area contributed by atoms with E-state index in [0.29, 0.717) is 10.8 Å². The molecule has 0 saturated heterocycles. The molecule has 0 heterocycles. The monoisotopic (exact) mass is 414 g/mol. The summed E-state index contributed by atoms with van der Waals surface area (Å²) in [6.07, 6.45) is 16.1. The van der Waals surface area contributed by atoms with Crippen LogP contribution in [-0.2, 0) is 0 Å². The minimum absolute atomic E-state index is 0.0148. The SMILES string of the molecule is CCC(CC[C@@H](C)[C@H]1CC[C@H]2[C@@H]3CC[C@H]4C[C@@H](O)CC[C@]4(C)[C@H]3CC[C@]12C)=C(C)C. The average Bonchev–Trinajstić information content (AvgIpc) is 3.06. The van der Waals surface area contributed by atoms with Gasteiger partial charge < -0.3 is 5.11 Å². The molecule has 0 aromatic heterocycles. The lowest BCUT2D eigenvalue weighted by Gasteiger charge is -2.61. The van der Waals surface area contributed by atoms with Gasteiger partial charge in [0.2, 0.25) is 0 Å². The molecular formula is C29H50O. The maximum absolute atomic E-state index is 10.3. The minimum atomic E-state index is -0.0148. The Morgan fingerprint density at radius 2 is 1.63 bits per heavy atom. The van der Waals surface area contributed by atoms with E-state index in [-0.39, 0.29) is 6.10 Å². The van der Waals surface area contributed by atoms with Gasteiger partial charge in [-0.3, -0.25) is 0 Å². The Hall–Kier alpha value is -0.300. The maximum Gasteiger partial charge on any atom is 0.0543 e. The van der Waals surface area contributed by atoms with Crippen LogP contribution in [0.4, 0.5) is 0 Å². The van der Waals surface area contributed by atoms with Crippen LogP contribution < -0.4 is 0 Å². The van der Waals surface area contributed by atoms with Gasteiger partial charge in [-0.1, -0.05) is 38.8 Å². The fourth-order valence-corrected chi connectivity index (χ4v) is 9.59. The molecule has 30 heavy (non-hydrogen) atoms. The molecule has 0 aliphatic heterocycles. The number of hydrogen-bond acceptors (Lipinski definition) is 1. The minimum Gasteiger partial charge on any atom is -0.393 e. The molecule has 9 atom stereocenters. The third-order valence-electron chi connectivity index (χ3n) is 11.4. The fraction of sp³-hybridized carbons (Fsp3) is 0.931. The highest BCUT2D eigenvalue weighted by atomic mass is 16.3. The first-order valence-electron chi connectivity index (χ1n) is 13.5. The third-order valence-corrected chi connectivity index (χ3v) is 11.4. The zero-order chi connectivity index (χ0) is 21.7. The van der Waals surface area contributed by atoms with Gasteiger partial charge in [0.05, 0.1) is 6.10 Å². The highest BCUT2D eigenvalue weighted by molar-refractivity contribution is 5.11. The molecule has 0 amide bonds. The van der Waals surface area contributed by atoms with Crippen LogP contribution in [-0.4, -0.2) is 11.2 Å². The molecule has 0 aromatic rings. The Balaban J connectivity index is 1.47. The summed E-state index contributed by atoms with van der Waals surface area (Å²) in [7, 11) is 0. The van der Waals surface area contributed by atoms with Crippen molar-refractivity contribution in [1.82, 2.24) is 0 Å². The predicted molar refractivity (Wildman–Crippen MR) is 128 cm³/mol. The first kappa shape index (κ1) is 22.9. The van der Waals surface area contributed by atoms with Gasteiger partial charge in [0, 0.05) is 0 Å². The van der Waals surface area contributed by atoms with E-state index in [1.807, 2.05) is 0 Å². The smallest absolute Gasteiger partial charge is 0.0543 e. The molecule has 0 radical (unpaired) electrons. The standard InChI is InChI=1S/C29H50O/c1-7-21(19(2)3)9-8-20(4)25-12-13-26-24-11-10-22-18-23(30)14-16-28(22,5)27(24)15-17-29(25,26)6/h20,22-27,30H,7-18H2,1-6H3/t20-,22+,23+,24+,25-,26+,27+,28+,29-/m1/s1. The summed E-state index contributed by atoms with van der Waals surface area (Å²) < 4.78 is 0. The van der Waals surface area contributed by atoms with Crippen LogP contribution in [0.1, 0.15) is 119 Å². The summed E-state index contributed by atoms with van der Waals surface area (Å²) >= 11 is 0. The molecule has 0 aromatic carbocycles. The van der Waals surface area contributed by atoms with Crippen LogP contribution in [0.5, 0.6) is 0 Å². The molecular weight excluding hydrogens is 364 g/mol. The molecule has 4 saturated carbocycles. The van der Waals surface area contributed by atoms with Crippen molar-refractivity contribution in [2.75, 3.05) is 0 Å². The Morgan fingerprint density at radius 3 is 2.33 bits per heavy atom. The van der Waals surface area contributed by atoms with Gasteiger partial charge in [-0.2, -0.15) is 0 Å². The van der Waals surface area contributed by atoms with Crippen LogP contribution in [0, 0.1) is 46.3 Å². The largest absolute Gasteiger partial charge is 0.393 e. The second-order valence-electron chi connectivity index (χ2n) is 12.8. The molecule has 0 spiro atoms. The zero-order valence-corrected chi connectivity index (χ0v) is 21.0. The Morgan fingerprint density at radius 1 is 0.933 bits per heavy atom. The average molecular weight is 415 g/mol. The van der Waals surface area contributed by atoms with Crippen molar-refractivity contribution in [2.24, 2.45) is 46.3 Å². The van der Waals surface area contributed by atoms with Gasteiger partial charge in [0.25, 0.3) is 0 Å². The molecule has 0 bridgehead atoms. The zero-order valence-electron chi connectivity index (χ0n) is 21.0.